The molecule has 0 radical (unpaired) electrons. The zero-order chi connectivity index (χ0) is 12.3. The molecule has 17 heavy (non-hydrogen) atoms. The number of tetrazole rings is 1. The summed E-state index contributed by atoms with van der Waals surface area (Å²) >= 11 is 0. The molecule has 0 amide bonds. The van der Waals surface area contributed by atoms with Gasteiger partial charge in [0.05, 0.1) is 5.92 Å². The fourth-order valence-corrected chi connectivity index (χ4v) is 2.29. The second kappa shape index (κ2) is 5.11. The Hall–Kier alpha value is -1.66. The highest BCUT2D eigenvalue weighted by atomic mass is 16.4. The van der Waals surface area contributed by atoms with Gasteiger partial charge >= 0.3 is 5.97 Å². The molecule has 1 aliphatic carbocycles. The molecule has 1 fully saturated rings. The third-order valence-corrected chi connectivity index (χ3v) is 3.27. The number of carbonyl (C=O) groups is 1. The first-order chi connectivity index (χ1) is 8.18. The normalized spacial score (nSPS) is 25.2. The Morgan fingerprint density at radius 1 is 1.41 bits per heavy atom. The number of rotatable bonds is 3. The minimum absolute atomic E-state index is 0.0836. The molecule has 94 valence electrons. The van der Waals surface area contributed by atoms with Gasteiger partial charge < -0.3 is 10.4 Å². The predicted molar refractivity (Wildman–Crippen MR) is 60.4 cm³/mol. The summed E-state index contributed by atoms with van der Waals surface area (Å²) in [6.45, 7) is 0. The molecule has 1 aliphatic rings. The summed E-state index contributed by atoms with van der Waals surface area (Å²) in [5, 5.41) is 23.5. The van der Waals surface area contributed by atoms with Crippen LogP contribution >= 0.6 is 0 Å². The van der Waals surface area contributed by atoms with Crippen LogP contribution in [0.1, 0.15) is 32.1 Å². The van der Waals surface area contributed by atoms with Crippen molar-refractivity contribution >= 4 is 11.9 Å². The van der Waals surface area contributed by atoms with Gasteiger partial charge in [-0.05, 0) is 23.3 Å². The molecular weight excluding hydrogens is 222 g/mol. The molecule has 0 spiro atoms. The lowest BCUT2D eigenvalue weighted by Crippen LogP contribution is -2.34. The van der Waals surface area contributed by atoms with Crippen LogP contribution in [0.5, 0.6) is 0 Å². The van der Waals surface area contributed by atoms with Crippen LogP contribution in [0.15, 0.2) is 0 Å². The lowest BCUT2D eigenvalue weighted by molar-refractivity contribution is -0.142. The molecule has 7 nitrogen and oxygen atoms in total. The summed E-state index contributed by atoms with van der Waals surface area (Å²) in [5.74, 6) is -0.558. The first-order valence-corrected chi connectivity index (χ1v) is 5.90. The van der Waals surface area contributed by atoms with E-state index in [1.54, 1.807) is 7.05 Å². The van der Waals surface area contributed by atoms with Gasteiger partial charge in [-0.25, -0.2) is 4.68 Å². The Balaban J connectivity index is 2.10. The van der Waals surface area contributed by atoms with E-state index in [2.05, 4.69) is 20.8 Å². The van der Waals surface area contributed by atoms with E-state index in [0.29, 0.717) is 5.95 Å². The monoisotopic (exact) mass is 239 g/mol. The number of aliphatic carboxylic acids is 1. The highest BCUT2D eigenvalue weighted by Crippen LogP contribution is 2.25. The number of carboxylic acid groups (broad SMARTS) is 1. The van der Waals surface area contributed by atoms with Gasteiger partial charge in [0.15, 0.2) is 0 Å². The first kappa shape index (κ1) is 11.8. The molecule has 1 aromatic rings. The van der Waals surface area contributed by atoms with E-state index in [9.17, 15) is 9.90 Å². The highest BCUT2D eigenvalue weighted by Gasteiger charge is 2.30. The van der Waals surface area contributed by atoms with Gasteiger partial charge in [0.2, 0.25) is 5.95 Å². The van der Waals surface area contributed by atoms with E-state index >= 15 is 0 Å². The number of aryl methyl sites for hydroxylation is 1. The van der Waals surface area contributed by atoms with Crippen LogP contribution < -0.4 is 5.32 Å². The Morgan fingerprint density at radius 2 is 2.18 bits per heavy atom. The van der Waals surface area contributed by atoms with E-state index in [1.807, 2.05) is 0 Å². The molecular formula is C10H17N5O2. The van der Waals surface area contributed by atoms with Gasteiger partial charge in [-0.1, -0.05) is 24.4 Å². The molecule has 0 aliphatic heterocycles. The van der Waals surface area contributed by atoms with Crippen LogP contribution in [0, 0.1) is 5.92 Å². The van der Waals surface area contributed by atoms with Crippen LogP contribution in [0.3, 0.4) is 0 Å². The maximum atomic E-state index is 11.2. The van der Waals surface area contributed by atoms with Crippen LogP contribution in [0.4, 0.5) is 5.95 Å². The molecule has 1 aromatic heterocycles. The van der Waals surface area contributed by atoms with Crippen LogP contribution in [-0.4, -0.2) is 37.3 Å². The lowest BCUT2D eigenvalue weighted by atomic mass is 9.95. The number of carboxylic acids is 1. The van der Waals surface area contributed by atoms with E-state index in [1.165, 1.54) is 4.68 Å². The maximum absolute atomic E-state index is 11.2. The highest BCUT2D eigenvalue weighted by molar-refractivity contribution is 5.71. The topological polar surface area (TPSA) is 92.9 Å². The van der Waals surface area contributed by atoms with Crippen molar-refractivity contribution < 1.29 is 9.90 Å². The second-order valence-corrected chi connectivity index (χ2v) is 4.46. The lowest BCUT2D eigenvalue weighted by Gasteiger charge is -2.22. The predicted octanol–water partition coefficient (Wildman–Crippen LogP) is 0.655. The molecule has 0 saturated heterocycles. The fourth-order valence-electron chi connectivity index (χ4n) is 2.29. The third kappa shape index (κ3) is 2.72. The van der Waals surface area contributed by atoms with Crippen molar-refractivity contribution in [2.75, 3.05) is 5.32 Å². The van der Waals surface area contributed by atoms with Gasteiger partial charge in [0, 0.05) is 13.1 Å². The number of hydrogen-bond acceptors (Lipinski definition) is 5. The maximum Gasteiger partial charge on any atom is 0.308 e. The first-order valence-electron chi connectivity index (χ1n) is 5.90. The van der Waals surface area contributed by atoms with Crippen molar-refractivity contribution in [3.05, 3.63) is 0 Å². The van der Waals surface area contributed by atoms with E-state index in [-0.39, 0.29) is 12.0 Å². The summed E-state index contributed by atoms with van der Waals surface area (Å²) in [7, 11) is 1.73. The molecule has 1 saturated carbocycles. The van der Waals surface area contributed by atoms with Gasteiger partial charge in [-0.3, -0.25) is 4.79 Å². The van der Waals surface area contributed by atoms with E-state index in [0.717, 1.165) is 32.1 Å². The smallest absolute Gasteiger partial charge is 0.308 e. The summed E-state index contributed by atoms with van der Waals surface area (Å²) in [6.07, 6.45) is 4.69. The number of aromatic nitrogens is 4. The number of anilines is 1. The molecule has 1 heterocycles. The number of nitrogens with one attached hydrogen (secondary N) is 1. The molecule has 2 rings (SSSR count). The fraction of sp³-hybridized carbons (Fsp3) is 0.800. The van der Waals surface area contributed by atoms with Crippen molar-refractivity contribution in [1.82, 2.24) is 20.2 Å². The standard InChI is InChI=1S/C10H17N5O2/c1-15-10(12-13-14-15)11-8-6-4-2-3-5-7(8)9(16)17/h7-8H,2-6H2,1H3,(H,16,17)(H,11,12,14). The summed E-state index contributed by atoms with van der Waals surface area (Å²) in [5.41, 5.74) is 0. The molecule has 0 bridgehead atoms. The number of nitrogens with zero attached hydrogens (tertiary/aromatic N) is 4. The van der Waals surface area contributed by atoms with Gasteiger partial charge in [0.1, 0.15) is 0 Å². The molecule has 7 heteroatoms. The Kier molecular flexibility index (Phi) is 3.55. The number of hydrogen-bond donors (Lipinski definition) is 2. The van der Waals surface area contributed by atoms with Gasteiger partial charge in [-0.2, -0.15) is 0 Å². The molecule has 2 unspecified atom stereocenters. The van der Waals surface area contributed by atoms with Crippen molar-refractivity contribution in [1.29, 1.82) is 0 Å². The Morgan fingerprint density at radius 3 is 2.82 bits per heavy atom. The minimum atomic E-state index is -0.737. The summed E-state index contributed by atoms with van der Waals surface area (Å²) < 4.78 is 1.52. The van der Waals surface area contributed by atoms with Crippen molar-refractivity contribution in [2.45, 2.75) is 38.1 Å². The van der Waals surface area contributed by atoms with Crippen molar-refractivity contribution in [3.8, 4) is 0 Å². The summed E-state index contributed by atoms with van der Waals surface area (Å²) in [4.78, 5) is 11.2. The Bertz CT molecular complexity index is 392. The zero-order valence-corrected chi connectivity index (χ0v) is 9.83. The quantitative estimate of drug-likeness (QED) is 0.752. The van der Waals surface area contributed by atoms with E-state index in [4.69, 9.17) is 0 Å². The SMILES string of the molecule is Cn1nnnc1NC1CCCCCC1C(=O)O. The summed E-state index contributed by atoms with van der Waals surface area (Å²) in [6, 6.07) is -0.0836. The van der Waals surface area contributed by atoms with Gasteiger partial charge in [0.25, 0.3) is 0 Å². The molecule has 0 aromatic carbocycles. The van der Waals surface area contributed by atoms with Crippen molar-refractivity contribution in [2.24, 2.45) is 13.0 Å². The third-order valence-electron chi connectivity index (χ3n) is 3.27. The second-order valence-electron chi connectivity index (χ2n) is 4.46. The average molecular weight is 239 g/mol. The van der Waals surface area contributed by atoms with Crippen molar-refractivity contribution in [3.63, 3.8) is 0 Å². The van der Waals surface area contributed by atoms with Crippen LogP contribution in [-0.2, 0) is 11.8 Å². The largest absolute Gasteiger partial charge is 0.481 e. The Labute approximate surface area is 99.2 Å². The zero-order valence-electron chi connectivity index (χ0n) is 9.83. The molecule has 2 N–H and O–H groups in total. The van der Waals surface area contributed by atoms with E-state index < -0.39 is 5.97 Å². The van der Waals surface area contributed by atoms with Gasteiger partial charge in [-0.15, -0.1) is 0 Å². The minimum Gasteiger partial charge on any atom is -0.481 e. The van der Waals surface area contributed by atoms with Crippen LogP contribution in [0.25, 0.3) is 0 Å². The van der Waals surface area contributed by atoms with Crippen LogP contribution in [0.2, 0.25) is 0 Å². The average Bonchev–Trinajstić information content (AvgIpc) is 2.55. The molecule has 2 atom stereocenters.